The molecule has 0 unspecified atom stereocenters. The number of rotatable bonds is 5. The minimum Gasteiger partial charge on any atom is -0.336 e. The Morgan fingerprint density at radius 3 is 2.58 bits per heavy atom. The molecule has 0 radical (unpaired) electrons. The highest BCUT2D eigenvalue weighted by atomic mass is 79.9. The molecule has 2 nitrogen and oxygen atoms in total. The number of nitrogens with zero attached hydrogens (tertiary/aromatic N) is 1. The van der Waals surface area contributed by atoms with Crippen LogP contribution in [0, 0.1) is 5.92 Å². The fourth-order valence-electron chi connectivity index (χ4n) is 2.05. The average molecular weight is 389 g/mol. The maximum atomic E-state index is 12.7. The number of hydrogen-bond donors (Lipinski definition) is 0. The number of carbonyl (C=O) groups excluding carboxylic acids is 1. The molecule has 1 aliphatic carbocycles. The number of hydrogen-bond acceptors (Lipinski definition) is 1. The first-order valence-corrected chi connectivity index (χ1v) is 8.33. The van der Waals surface area contributed by atoms with E-state index >= 15 is 0 Å². The molecule has 0 aromatic heterocycles. The monoisotopic (exact) mass is 387 g/mol. The van der Waals surface area contributed by atoms with Gasteiger partial charge in [-0.2, -0.15) is 0 Å². The molecular formula is C15H19Br2NO. The van der Waals surface area contributed by atoms with Gasteiger partial charge in [-0.15, -0.1) is 0 Å². The predicted molar refractivity (Wildman–Crippen MR) is 85.4 cm³/mol. The molecule has 1 saturated carbocycles. The van der Waals surface area contributed by atoms with Gasteiger partial charge in [0.15, 0.2) is 0 Å². The molecular weight excluding hydrogens is 370 g/mol. The lowest BCUT2D eigenvalue weighted by molar-refractivity contribution is 0.0734. The molecule has 0 spiro atoms. The van der Waals surface area contributed by atoms with E-state index in [2.05, 4.69) is 45.7 Å². The number of carbonyl (C=O) groups is 1. The fourth-order valence-corrected chi connectivity index (χ4v) is 3.27. The standard InChI is InChI=1S/C15H19Br2NO/c1-10(2)7-8-18(12-4-5-12)15(19)13-6-3-11(16)9-14(13)17/h3,6,9-10,12H,4-5,7-8H2,1-2H3. The fraction of sp³-hybridized carbons (Fsp3) is 0.533. The molecule has 0 atom stereocenters. The summed E-state index contributed by atoms with van der Waals surface area (Å²) in [4.78, 5) is 14.7. The van der Waals surface area contributed by atoms with Crippen molar-refractivity contribution >= 4 is 37.8 Å². The van der Waals surface area contributed by atoms with E-state index in [9.17, 15) is 4.79 Å². The maximum Gasteiger partial charge on any atom is 0.255 e. The second kappa shape index (κ2) is 6.40. The Balaban J connectivity index is 2.14. The van der Waals surface area contributed by atoms with E-state index < -0.39 is 0 Å². The lowest BCUT2D eigenvalue weighted by Crippen LogP contribution is -2.34. The highest BCUT2D eigenvalue weighted by molar-refractivity contribution is 9.11. The Hall–Kier alpha value is -0.350. The molecule has 0 aliphatic heterocycles. The number of amides is 1. The Labute approximate surface area is 131 Å². The van der Waals surface area contributed by atoms with E-state index in [1.165, 1.54) is 0 Å². The van der Waals surface area contributed by atoms with Crippen LogP contribution in [0.15, 0.2) is 27.1 Å². The first-order valence-electron chi connectivity index (χ1n) is 6.75. The molecule has 0 heterocycles. The van der Waals surface area contributed by atoms with Crippen LogP contribution < -0.4 is 0 Å². The number of benzene rings is 1. The lowest BCUT2D eigenvalue weighted by atomic mass is 10.1. The second-order valence-corrected chi connectivity index (χ2v) is 7.31. The molecule has 0 N–H and O–H groups in total. The summed E-state index contributed by atoms with van der Waals surface area (Å²) in [5, 5.41) is 0. The van der Waals surface area contributed by atoms with Gasteiger partial charge < -0.3 is 4.90 Å². The molecule has 1 aliphatic rings. The zero-order valence-corrected chi connectivity index (χ0v) is 14.5. The summed E-state index contributed by atoms with van der Waals surface area (Å²) in [6, 6.07) is 6.20. The van der Waals surface area contributed by atoms with Crippen LogP contribution in [0.2, 0.25) is 0 Å². The third kappa shape index (κ3) is 4.06. The molecule has 1 amide bonds. The third-order valence-electron chi connectivity index (χ3n) is 3.36. The van der Waals surface area contributed by atoms with E-state index in [1.807, 2.05) is 23.1 Å². The van der Waals surface area contributed by atoms with E-state index in [4.69, 9.17) is 0 Å². The summed E-state index contributed by atoms with van der Waals surface area (Å²) >= 11 is 6.91. The van der Waals surface area contributed by atoms with Gasteiger partial charge in [-0.3, -0.25) is 4.79 Å². The molecule has 4 heteroatoms. The molecule has 1 aromatic carbocycles. The van der Waals surface area contributed by atoms with Crippen molar-refractivity contribution in [1.82, 2.24) is 4.90 Å². The van der Waals surface area contributed by atoms with Crippen LogP contribution in [0.5, 0.6) is 0 Å². The van der Waals surface area contributed by atoms with Crippen LogP contribution in [0.25, 0.3) is 0 Å². The Bertz CT molecular complexity index is 469. The maximum absolute atomic E-state index is 12.7. The smallest absolute Gasteiger partial charge is 0.255 e. The third-order valence-corrected chi connectivity index (χ3v) is 4.51. The molecule has 1 fully saturated rings. The highest BCUT2D eigenvalue weighted by Gasteiger charge is 2.33. The summed E-state index contributed by atoms with van der Waals surface area (Å²) in [5.41, 5.74) is 0.763. The largest absolute Gasteiger partial charge is 0.336 e. The van der Waals surface area contributed by atoms with Crippen molar-refractivity contribution in [3.05, 3.63) is 32.7 Å². The summed E-state index contributed by atoms with van der Waals surface area (Å²) in [5.74, 6) is 0.782. The van der Waals surface area contributed by atoms with Gasteiger partial charge in [0.2, 0.25) is 0 Å². The van der Waals surface area contributed by atoms with Gasteiger partial charge >= 0.3 is 0 Å². The minimum atomic E-state index is 0.155. The summed E-state index contributed by atoms with van der Waals surface area (Å²) in [7, 11) is 0. The van der Waals surface area contributed by atoms with Crippen LogP contribution in [0.1, 0.15) is 43.5 Å². The van der Waals surface area contributed by atoms with E-state index in [0.717, 1.165) is 40.3 Å². The van der Waals surface area contributed by atoms with Crippen molar-refractivity contribution in [3.63, 3.8) is 0 Å². The number of halogens is 2. The first kappa shape index (κ1) is 15.0. The topological polar surface area (TPSA) is 20.3 Å². The van der Waals surface area contributed by atoms with Crippen molar-refractivity contribution < 1.29 is 4.79 Å². The zero-order valence-electron chi connectivity index (χ0n) is 11.3. The van der Waals surface area contributed by atoms with Gasteiger partial charge in [0, 0.05) is 21.5 Å². The molecule has 0 saturated heterocycles. The minimum absolute atomic E-state index is 0.155. The van der Waals surface area contributed by atoms with Crippen LogP contribution in [0.4, 0.5) is 0 Å². The van der Waals surface area contributed by atoms with Gasteiger partial charge in [-0.25, -0.2) is 0 Å². The van der Waals surface area contributed by atoms with Crippen molar-refractivity contribution in [1.29, 1.82) is 0 Å². The summed E-state index contributed by atoms with van der Waals surface area (Å²) < 4.78 is 1.85. The molecule has 0 bridgehead atoms. The van der Waals surface area contributed by atoms with Gasteiger partial charge in [0.05, 0.1) is 5.56 Å². The highest BCUT2D eigenvalue weighted by Crippen LogP contribution is 2.31. The summed E-state index contributed by atoms with van der Waals surface area (Å²) in [6.07, 6.45) is 3.37. The van der Waals surface area contributed by atoms with Gasteiger partial charge in [0.1, 0.15) is 0 Å². The SMILES string of the molecule is CC(C)CCN(C(=O)c1ccc(Br)cc1Br)C1CC1. The quantitative estimate of drug-likeness (QED) is 0.705. The van der Waals surface area contributed by atoms with Crippen molar-refractivity contribution in [2.24, 2.45) is 5.92 Å². The molecule has 104 valence electrons. The Kier molecular flexibility index (Phi) is 5.07. The van der Waals surface area contributed by atoms with Gasteiger partial charge in [-0.05, 0) is 59.3 Å². The van der Waals surface area contributed by atoms with Crippen molar-refractivity contribution in [2.45, 2.75) is 39.2 Å². The van der Waals surface area contributed by atoms with Crippen LogP contribution in [-0.4, -0.2) is 23.4 Å². The second-order valence-electron chi connectivity index (χ2n) is 5.54. The van der Waals surface area contributed by atoms with E-state index in [0.29, 0.717) is 12.0 Å². The predicted octanol–water partition coefficient (Wildman–Crippen LogP) is 4.86. The van der Waals surface area contributed by atoms with Crippen molar-refractivity contribution in [3.8, 4) is 0 Å². The van der Waals surface area contributed by atoms with E-state index in [-0.39, 0.29) is 5.91 Å². The molecule has 1 aromatic rings. The van der Waals surface area contributed by atoms with Crippen LogP contribution >= 0.6 is 31.9 Å². The van der Waals surface area contributed by atoms with Gasteiger partial charge in [-0.1, -0.05) is 29.8 Å². The van der Waals surface area contributed by atoms with Crippen LogP contribution in [0.3, 0.4) is 0 Å². The first-order chi connectivity index (χ1) is 8.99. The zero-order chi connectivity index (χ0) is 14.0. The molecule has 19 heavy (non-hydrogen) atoms. The normalized spacial score (nSPS) is 14.8. The Morgan fingerprint density at radius 2 is 2.05 bits per heavy atom. The average Bonchev–Trinajstić information content (AvgIpc) is 3.13. The van der Waals surface area contributed by atoms with Crippen molar-refractivity contribution in [2.75, 3.05) is 6.54 Å². The lowest BCUT2D eigenvalue weighted by Gasteiger charge is -2.24. The molecule has 2 rings (SSSR count). The van der Waals surface area contributed by atoms with Crippen LogP contribution in [-0.2, 0) is 0 Å². The summed E-state index contributed by atoms with van der Waals surface area (Å²) in [6.45, 7) is 5.26. The Morgan fingerprint density at radius 1 is 1.37 bits per heavy atom. The van der Waals surface area contributed by atoms with Gasteiger partial charge in [0.25, 0.3) is 5.91 Å². The van der Waals surface area contributed by atoms with E-state index in [1.54, 1.807) is 0 Å².